The largest absolute Gasteiger partial charge is 0.478 e. The summed E-state index contributed by atoms with van der Waals surface area (Å²) in [5, 5.41) is 17.3. The van der Waals surface area contributed by atoms with Crippen LogP contribution in [0.25, 0.3) is 0 Å². The molecule has 0 fully saturated rings. The average Bonchev–Trinajstić information content (AvgIpc) is 2.17. The maximum atomic E-state index is 10.9. The molecule has 1 aromatic carbocycles. The van der Waals surface area contributed by atoms with Crippen LogP contribution in [0.3, 0.4) is 0 Å². The van der Waals surface area contributed by atoms with Crippen LogP contribution in [0.4, 0.5) is 0 Å². The van der Waals surface area contributed by atoms with Crippen molar-refractivity contribution in [3.63, 3.8) is 0 Å². The standard InChI is InChI=1S/C11H6ClNO2/c12-9-6-3-5-8(4-1-2-7-13)10(9)11(14)15/h3,5-6H,2H2,(H,14,15). The molecule has 0 aliphatic heterocycles. The van der Waals surface area contributed by atoms with Gasteiger partial charge in [0, 0.05) is 5.56 Å². The van der Waals surface area contributed by atoms with Crippen LogP contribution in [-0.2, 0) is 0 Å². The van der Waals surface area contributed by atoms with Crippen LogP contribution in [-0.4, -0.2) is 11.1 Å². The van der Waals surface area contributed by atoms with E-state index in [9.17, 15) is 4.79 Å². The van der Waals surface area contributed by atoms with Crippen molar-refractivity contribution in [2.24, 2.45) is 0 Å². The Hall–Kier alpha value is -1.97. The second kappa shape index (κ2) is 5.05. The third-order valence-electron chi connectivity index (χ3n) is 1.62. The molecule has 0 aromatic heterocycles. The molecule has 1 rings (SSSR count). The molecule has 0 aliphatic rings. The van der Waals surface area contributed by atoms with E-state index in [4.69, 9.17) is 22.0 Å². The zero-order valence-corrected chi connectivity index (χ0v) is 8.38. The molecule has 3 nitrogen and oxygen atoms in total. The van der Waals surface area contributed by atoms with Crippen LogP contribution >= 0.6 is 11.6 Å². The summed E-state index contributed by atoms with van der Waals surface area (Å²) < 4.78 is 0. The first-order valence-electron chi connectivity index (χ1n) is 4.04. The van der Waals surface area contributed by atoms with Gasteiger partial charge in [-0.05, 0) is 12.1 Å². The number of nitriles is 1. The number of halogens is 1. The predicted octanol–water partition coefficient (Wildman–Crippen LogP) is 2.30. The van der Waals surface area contributed by atoms with Crippen molar-refractivity contribution in [1.29, 1.82) is 5.26 Å². The molecule has 0 radical (unpaired) electrons. The molecule has 0 aliphatic carbocycles. The normalized spacial score (nSPS) is 8.53. The first-order valence-corrected chi connectivity index (χ1v) is 4.42. The Kier molecular flexibility index (Phi) is 3.74. The van der Waals surface area contributed by atoms with Crippen molar-refractivity contribution in [3.05, 3.63) is 34.3 Å². The minimum atomic E-state index is -1.12. The van der Waals surface area contributed by atoms with Gasteiger partial charge in [0.25, 0.3) is 0 Å². The molecule has 0 amide bonds. The Morgan fingerprint density at radius 3 is 2.87 bits per heavy atom. The Morgan fingerprint density at radius 1 is 1.53 bits per heavy atom. The predicted molar refractivity (Wildman–Crippen MR) is 55.5 cm³/mol. The van der Waals surface area contributed by atoms with Crippen molar-refractivity contribution in [3.8, 4) is 17.9 Å². The van der Waals surface area contributed by atoms with Gasteiger partial charge in [0.1, 0.15) is 0 Å². The van der Waals surface area contributed by atoms with Gasteiger partial charge in [0.05, 0.1) is 23.1 Å². The van der Waals surface area contributed by atoms with Crippen molar-refractivity contribution in [1.82, 2.24) is 0 Å². The smallest absolute Gasteiger partial charge is 0.338 e. The maximum absolute atomic E-state index is 10.9. The van der Waals surface area contributed by atoms with Crippen molar-refractivity contribution in [2.75, 3.05) is 0 Å². The summed E-state index contributed by atoms with van der Waals surface area (Å²) in [4.78, 5) is 10.9. The van der Waals surface area contributed by atoms with Crippen LogP contribution in [0, 0.1) is 23.2 Å². The lowest BCUT2D eigenvalue weighted by atomic mass is 10.1. The van der Waals surface area contributed by atoms with E-state index in [-0.39, 0.29) is 17.0 Å². The van der Waals surface area contributed by atoms with Crippen LogP contribution < -0.4 is 0 Å². The van der Waals surface area contributed by atoms with Gasteiger partial charge in [0.15, 0.2) is 0 Å². The third-order valence-corrected chi connectivity index (χ3v) is 1.93. The summed E-state index contributed by atoms with van der Waals surface area (Å²) in [7, 11) is 0. The highest BCUT2D eigenvalue weighted by atomic mass is 35.5. The summed E-state index contributed by atoms with van der Waals surface area (Å²) in [5.74, 6) is 4.02. The minimum Gasteiger partial charge on any atom is -0.478 e. The van der Waals surface area contributed by atoms with E-state index in [1.54, 1.807) is 12.1 Å². The van der Waals surface area contributed by atoms with Gasteiger partial charge < -0.3 is 5.11 Å². The summed E-state index contributed by atoms with van der Waals surface area (Å²) >= 11 is 5.72. The summed E-state index contributed by atoms with van der Waals surface area (Å²) in [6, 6.07) is 6.51. The topological polar surface area (TPSA) is 61.1 Å². The van der Waals surface area contributed by atoms with Crippen LogP contribution in [0.15, 0.2) is 18.2 Å². The molecule has 0 heterocycles. The van der Waals surface area contributed by atoms with E-state index in [1.165, 1.54) is 6.07 Å². The molecule has 1 N–H and O–H groups in total. The number of aromatic carboxylic acids is 1. The van der Waals surface area contributed by atoms with Crippen LogP contribution in [0.5, 0.6) is 0 Å². The zero-order valence-electron chi connectivity index (χ0n) is 7.62. The van der Waals surface area contributed by atoms with E-state index in [1.807, 2.05) is 6.07 Å². The highest BCUT2D eigenvalue weighted by molar-refractivity contribution is 6.33. The van der Waals surface area contributed by atoms with E-state index < -0.39 is 5.97 Å². The van der Waals surface area contributed by atoms with Gasteiger partial charge in [0.2, 0.25) is 0 Å². The molecule has 0 saturated carbocycles. The summed E-state index contributed by atoms with van der Waals surface area (Å²) in [5.41, 5.74) is 0.301. The number of rotatable bonds is 1. The molecule has 15 heavy (non-hydrogen) atoms. The fourth-order valence-electron chi connectivity index (χ4n) is 1.02. The Labute approximate surface area is 91.9 Å². The lowest BCUT2D eigenvalue weighted by molar-refractivity contribution is 0.0697. The van der Waals surface area contributed by atoms with Crippen molar-refractivity contribution >= 4 is 17.6 Å². The molecule has 0 bridgehead atoms. The van der Waals surface area contributed by atoms with Gasteiger partial charge in [-0.1, -0.05) is 29.5 Å². The Balaban J connectivity index is 3.21. The van der Waals surface area contributed by atoms with E-state index >= 15 is 0 Å². The molecule has 0 atom stereocenters. The molecular formula is C11H6ClNO2. The second-order valence-corrected chi connectivity index (χ2v) is 3.01. The van der Waals surface area contributed by atoms with Crippen molar-refractivity contribution < 1.29 is 9.90 Å². The van der Waals surface area contributed by atoms with E-state index in [0.29, 0.717) is 5.56 Å². The average molecular weight is 220 g/mol. The fraction of sp³-hybridized carbons (Fsp3) is 0.0909. The minimum absolute atomic E-state index is 0.0235. The SMILES string of the molecule is N#CCC#Cc1cccc(Cl)c1C(=O)O. The maximum Gasteiger partial charge on any atom is 0.338 e. The number of hydrogen-bond acceptors (Lipinski definition) is 2. The van der Waals surface area contributed by atoms with E-state index in [2.05, 4.69) is 11.8 Å². The molecular weight excluding hydrogens is 214 g/mol. The lowest BCUT2D eigenvalue weighted by Gasteiger charge is -2.00. The van der Waals surface area contributed by atoms with Gasteiger partial charge in [-0.15, -0.1) is 0 Å². The molecule has 4 heteroatoms. The zero-order chi connectivity index (χ0) is 11.3. The van der Waals surface area contributed by atoms with Gasteiger partial charge >= 0.3 is 5.97 Å². The quantitative estimate of drug-likeness (QED) is 0.738. The van der Waals surface area contributed by atoms with E-state index in [0.717, 1.165) is 0 Å². The van der Waals surface area contributed by atoms with Gasteiger partial charge in [-0.2, -0.15) is 5.26 Å². The molecule has 0 saturated heterocycles. The van der Waals surface area contributed by atoms with Gasteiger partial charge in [-0.3, -0.25) is 0 Å². The first-order chi connectivity index (χ1) is 7.16. The first kappa shape index (κ1) is 11.1. The number of hydrogen-bond donors (Lipinski definition) is 1. The summed E-state index contributed by atoms with van der Waals surface area (Å²) in [6.45, 7) is 0. The van der Waals surface area contributed by atoms with Crippen LogP contribution in [0.1, 0.15) is 22.3 Å². The second-order valence-electron chi connectivity index (χ2n) is 2.60. The summed E-state index contributed by atoms with van der Waals surface area (Å²) in [6.07, 6.45) is 0.0611. The molecule has 74 valence electrons. The number of carboxylic acids is 1. The highest BCUT2D eigenvalue weighted by Crippen LogP contribution is 2.19. The number of benzene rings is 1. The molecule has 1 aromatic rings. The third kappa shape index (κ3) is 2.74. The lowest BCUT2D eigenvalue weighted by Crippen LogP contribution is -2.00. The van der Waals surface area contributed by atoms with Crippen molar-refractivity contribution in [2.45, 2.75) is 6.42 Å². The number of nitrogens with zero attached hydrogens (tertiary/aromatic N) is 1. The van der Waals surface area contributed by atoms with Crippen LogP contribution in [0.2, 0.25) is 5.02 Å². The molecule has 0 spiro atoms. The monoisotopic (exact) mass is 219 g/mol. The number of carbonyl (C=O) groups is 1. The fourth-order valence-corrected chi connectivity index (χ4v) is 1.28. The Bertz CT molecular complexity index is 492. The van der Waals surface area contributed by atoms with Gasteiger partial charge in [-0.25, -0.2) is 4.79 Å². The Morgan fingerprint density at radius 2 is 2.27 bits per heavy atom. The number of carboxylic acid groups (broad SMARTS) is 1. The highest BCUT2D eigenvalue weighted by Gasteiger charge is 2.12. The molecule has 0 unspecified atom stereocenters.